The first-order valence-electron chi connectivity index (χ1n) is 9.52. The standard InChI is InChI=1S/C21H22Cl2N2O4S/c1-12(21(28)29-2)24-20(27)13-5-8-25(9-6-13)16(26)4-3-14-11-15-7-10-30-19(15)18(23)17(14)22/h3-4,7,10-13H,5-6,8-9H2,1-2H3,(H,24,27)/b4-3+/t12-/m0/s1. The molecule has 1 N–H and O–H groups in total. The molecule has 1 aliphatic rings. The third kappa shape index (κ3) is 4.96. The Morgan fingerprint density at radius 3 is 2.63 bits per heavy atom. The molecule has 2 amide bonds. The Balaban J connectivity index is 1.57. The summed E-state index contributed by atoms with van der Waals surface area (Å²) in [6.45, 7) is 2.51. The van der Waals surface area contributed by atoms with Gasteiger partial charge in [0, 0.05) is 25.1 Å². The third-order valence-corrected chi connectivity index (χ3v) is 7.09. The number of methoxy groups -OCH3 is 1. The monoisotopic (exact) mass is 468 g/mol. The highest BCUT2D eigenvalue weighted by atomic mass is 35.5. The molecule has 6 nitrogen and oxygen atoms in total. The van der Waals surface area contributed by atoms with Gasteiger partial charge in [0.2, 0.25) is 11.8 Å². The SMILES string of the molecule is COC(=O)[C@H](C)NC(=O)C1CCN(C(=O)/C=C/c2cc3ccsc3c(Cl)c2Cl)CC1. The smallest absolute Gasteiger partial charge is 0.328 e. The van der Waals surface area contributed by atoms with E-state index in [1.54, 1.807) is 17.9 Å². The van der Waals surface area contributed by atoms with E-state index in [-0.39, 0.29) is 17.7 Å². The molecular weight excluding hydrogens is 447 g/mol. The van der Waals surface area contributed by atoms with E-state index >= 15 is 0 Å². The predicted molar refractivity (Wildman–Crippen MR) is 120 cm³/mol. The van der Waals surface area contributed by atoms with Crippen LogP contribution in [0.5, 0.6) is 0 Å². The first-order valence-corrected chi connectivity index (χ1v) is 11.2. The van der Waals surface area contributed by atoms with Gasteiger partial charge in [-0.15, -0.1) is 11.3 Å². The maximum atomic E-state index is 12.6. The minimum Gasteiger partial charge on any atom is -0.467 e. The van der Waals surface area contributed by atoms with Crippen molar-refractivity contribution in [1.82, 2.24) is 10.2 Å². The Bertz CT molecular complexity index is 996. The molecule has 0 aliphatic carbocycles. The number of benzene rings is 1. The van der Waals surface area contributed by atoms with Crippen LogP contribution in [0.4, 0.5) is 0 Å². The van der Waals surface area contributed by atoms with Crippen LogP contribution < -0.4 is 5.32 Å². The van der Waals surface area contributed by atoms with E-state index in [1.807, 2.05) is 17.5 Å². The van der Waals surface area contributed by atoms with Crippen LogP contribution in [-0.4, -0.2) is 48.9 Å². The summed E-state index contributed by atoms with van der Waals surface area (Å²) in [7, 11) is 1.28. The molecule has 2 heterocycles. The summed E-state index contributed by atoms with van der Waals surface area (Å²) in [5.74, 6) is -1.06. The quantitative estimate of drug-likeness (QED) is 0.528. The van der Waals surface area contributed by atoms with Crippen LogP contribution in [0.2, 0.25) is 10.0 Å². The number of likely N-dealkylation sites (tertiary alicyclic amines) is 1. The lowest BCUT2D eigenvalue weighted by molar-refractivity contribution is -0.145. The number of amides is 2. The van der Waals surface area contributed by atoms with Gasteiger partial charge in [0.05, 0.1) is 21.9 Å². The molecule has 1 fully saturated rings. The number of ether oxygens (including phenoxy) is 1. The van der Waals surface area contributed by atoms with E-state index in [1.165, 1.54) is 24.5 Å². The Kier molecular flexibility index (Phi) is 7.39. The average Bonchev–Trinajstić information content (AvgIpc) is 3.23. The molecule has 0 saturated carbocycles. The van der Waals surface area contributed by atoms with E-state index in [4.69, 9.17) is 23.2 Å². The number of thiophene rings is 1. The predicted octanol–water partition coefficient (Wildman–Crippen LogP) is 4.14. The second kappa shape index (κ2) is 9.81. The van der Waals surface area contributed by atoms with Gasteiger partial charge in [-0.1, -0.05) is 23.2 Å². The minimum absolute atomic E-state index is 0.144. The first-order chi connectivity index (χ1) is 14.3. The molecule has 3 rings (SSSR count). The fourth-order valence-corrected chi connectivity index (χ4v) is 4.82. The molecule has 0 unspecified atom stereocenters. The van der Waals surface area contributed by atoms with Crippen molar-refractivity contribution in [2.45, 2.75) is 25.8 Å². The minimum atomic E-state index is -0.692. The second-order valence-electron chi connectivity index (χ2n) is 7.12. The first kappa shape index (κ1) is 22.6. The number of piperidine rings is 1. The van der Waals surface area contributed by atoms with Crippen molar-refractivity contribution >= 4 is 68.5 Å². The van der Waals surface area contributed by atoms with Gasteiger partial charge in [-0.05, 0) is 54.3 Å². The number of nitrogens with zero attached hydrogens (tertiary/aromatic N) is 1. The lowest BCUT2D eigenvalue weighted by Gasteiger charge is -2.31. The van der Waals surface area contributed by atoms with Gasteiger partial charge in [-0.2, -0.15) is 0 Å². The third-order valence-electron chi connectivity index (χ3n) is 5.15. The molecule has 0 bridgehead atoms. The van der Waals surface area contributed by atoms with Crippen LogP contribution in [0.15, 0.2) is 23.6 Å². The normalized spacial score (nSPS) is 16.1. The molecule has 1 saturated heterocycles. The Hall–Kier alpha value is -2.09. The van der Waals surface area contributed by atoms with Crippen molar-refractivity contribution in [3.63, 3.8) is 0 Å². The number of esters is 1. The van der Waals surface area contributed by atoms with Gasteiger partial charge in [0.1, 0.15) is 6.04 Å². The van der Waals surface area contributed by atoms with Gasteiger partial charge >= 0.3 is 5.97 Å². The number of hydrogen-bond acceptors (Lipinski definition) is 5. The molecule has 160 valence electrons. The van der Waals surface area contributed by atoms with Crippen molar-refractivity contribution in [3.05, 3.63) is 39.2 Å². The summed E-state index contributed by atoms with van der Waals surface area (Å²) >= 11 is 14.2. The number of halogens is 2. The zero-order valence-electron chi connectivity index (χ0n) is 16.6. The summed E-state index contributed by atoms with van der Waals surface area (Å²) < 4.78 is 5.54. The number of carbonyl (C=O) groups excluding carboxylic acids is 3. The molecule has 1 aliphatic heterocycles. The highest BCUT2D eigenvalue weighted by molar-refractivity contribution is 7.18. The zero-order chi connectivity index (χ0) is 21.8. The van der Waals surface area contributed by atoms with Gasteiger partial charge in [0.25, 0.3) is 0 Å². The van der Waals surface area contributed by atoms with Crippen molar-refractivity contribution in [2.24, 2.45) is 5.92 Å². The van der Waals surface area contributed by atoms with E-state index in [0.717, 1.165) is 10.1 Å². The Morgan fingerprint density at radius 2 is 1.97 bits per heavy atom. The molecule has 30 heavy (non-hydrogen) atoms. The molecule has 9 heteroatoms. The summed E-state index contributed by atoms with van der Waals surface area (Å²) in [4.78, 5) is 38.0. The fourth-order valence-electron chi connectivity index (χ4n) is 3.39. The lowest BCUT2D eigenvalue weighted by Crippen LogP contribution is -2.46. The van der Waals surface area contributed by atoms with E-state index < -0.39 is 12.0 Å². The van der Waals surface area contributed by atoms with E-state index in [9.17, 15) is 14.4 Å². The molecule has 0 radical (unpaired) electrons. The van der Waals surface area contributed by atoms with Gasteiger partial charge in [-0.3, -0.25) is 9.59 Å². The maximum Gasteiger partial charge on any atom is 0.328 e. The van der Waals surface area contributed by atoms with E-state index in [0.29, 0.717) is 41.5 Å². The topological polar surface area (TPSA) is 75.7 Å². The second-order valence-corrected chi connectivity index (χ2v) is 8.79. The Morgan fingerprint density at radius 1 is 1.27 bits per heavy atom. The van der Waals surface area contributed by atoms with Crippen molar-refractivity contribution in [1.29, 1.82) is 0 Å². The summed E-state index contributed by atoms with van der Waals surface area (Å²) in [5.41, 5.74) is 0.687. The van der Waals surface area contributed by atoms with Gasteiger partial charge in [-0.25, -0.2) is 4.79 Å². The summed E-state index contributed by atoms with van der Waals surface area (Å²) in [6, 6.07) is 3.17. The summed E-state index contributed by atoms with van der Waals surface area (Å²) in [5, 5.41) is 6.49. The van der Waals surface area contributed by atoms with Crippen LogP contribution >= 0.6 is 34.5 Å². The van der Waals surface area contributed by atoms with Crippen LogP contribution in [-0.2, 0) is 19.1 Å². The molecular formula is C21H22Cl2N2O4S. The average molecular weight is 469 g/mol. The molecule has 2 aromatic rings. The zero-order valence-corrected chi connectivity index (χ0v) is 18.9. The largest absolute Gasteiger partial charge is 0.467 e. The highest BCUT2D eigenvalue weighted by Gasteiger charge is 2.28. The van der Waals surface area contributed by atoms with Gasteiger partial charge in [0.15, 0.2) is 0 Å². The van der Waals surface area contributed by atoms with E-state index in [2.05, 4.69) is 10.1 Å². The summed E-state index contributed by atoms with van der Waals surface area (Å²) in [6.07, 6.45) is 4.22. The molecule has 1 aromatic carbocycles. The number of rotatable bonds is 5. The molecule has 1 atom stereocenters. The van der Waals surface area contributed by atoms with Crippen LogP contribution in [0, 0.1) is 5.92 Å². The van der Waals surface area contributed by atoms with Gasteiger partial charge < -0.3 is 15.0 Å². The lowest BCUT2D eigenvalue weighted by atomic mass is 9.95. The van der Waals surface area contributed by atoms with Crippen LogP contribution in [0.25, 0.3) is 16.2 Å². The molecule has 1 aromatic heterocycles. The maximum absolute atomic E-state index is 12.6. The number of hydrogen-bond donors (Lipinski definition) is 1. The molecule has 0 spiro atoms. The van der Waals surface area contributed by atoms with Crippen LogP contribution in [0.1, 0.15) is 25.3 Å². The number of carbonyl (C=O) groups is 3. The number of fused-ring (bicyclic) bond motifs is 1. The van der Waals surface area contributed by atoms with Crippen molar-refractivity contribution in [3.8, 4) is 0 Å². The van der Waals surface area contributed by atoms with Crippen LogP contribution in [0.3, 0.4) is 0 Å². The fraction of sp³-hybridized carbons (Fsp3) is 0.381. The Labute approximate surface area is 188 Å². The van der Waals surface area contributed by atoms with Crippen molar-refractivity contribution < 1.29 is 19.1 Å². The number of nitrogens with one attached hydrogen (secondary N) is 1. The highest BCUT2D eigenvalue weighted by Crippen LogP contribution is 2.37. The van der Waals surface area contributed by atoms with Crippen molar-refractivity contribution in [2.75, 3.05) is 20.2 Å².